The number of carbonyl (C=O) groups excluding carboxylic acids is 1. The fourth-order valence-electron chi connectivity index (χ4n) is 4.36. The van der Waals surface area contributed by atoms with Crippen LogP contribution in [-0.4, -0.2) is 17.0 Å². The van der Waals surface area contributed by atoms with Gasteiger partial charge in [-0.15, -0.1) is 0 Å². The van der Waals surface area contributed by atoms with Crippen LogP contribution in [0, 0.1) is 5.82 Å². The first-order valence-electron chi connectivity index (χ1n) is 10.9. The zero-order valence-electron chi connectivity index (χ0n) is 18.0. The molecule has 1 aromatic heterocycles. The Hall–Kier alpha value is -3.81. The molecule has 0 unspecified atom stereocenters. The maximum atomic E-state index is 13.8. The molecule has 8 heteroatoms. The summed E-state index contributed by atoms with van der Waals surface area (Å²) in [5.74, 6) is -0.891. The molecule has 34 heavy (non-hydrogen) atoms. The van der Waals surface area contributed by atoms with Crippen molar-refractivity contribution in [3.63, 3.8) is 0 Å². The SMILES string of the molecule is O=C(Nc1ccc2c(c1)NCCC2)c1cc2cc(C(F)(F)F)ccc2n1Cc1cccc(F)c1. The third-order valence-corrected chi connectivity index (χ3v) is 6.00. The first-order valence-corrected chi connectivity index (χ1v) is 10.9. The highest BCUT2D eigenvalue weighted by Crippen LogP contribution is 2.33. The molecule has 1 aliphatic rings. The quantitative estimate of drug-likeness (QED) is 0.339. The molecule has 0 saturated carbocycles. The van der Waals surface area contributed by atoms with E-state index in [1.54, 1.807) is 16.7 Å². The number of carbonyl (C=O) groups is 1. The second-order valence-electron chi connectivity index (χ2n) is 8.37. The minimum atomic E-state index is -4.50. The van der Waals surface area contributed by atoms with Crippen LogP contribution in [0.3, 0.4) is 0 Å². The van der Waals surface area contributed by atoms with Crippen molar-refractivity contribution in [2.24, 2.45) is 0 Å². The van der Waals surface area contributed by atoms with Gasteiger partial charge >= 0.3 is 6.18 Å². The third-order valence-electron chi connectivity index (χ3n) is 6.00. The Bertz CT molecular complexity index is 1390. The van der Waals surface area contributed by atoms with Crippen LogP contribution >= 0.6 is 0 Å². The summed E-state index contributed by atoms with van der Waals surface area (Å²) >= 11 is 0. The summed E-state index contributed by atoms with van der Waals surface area (Å²) in [4.78, 5) is 13.3. The molecule has 5 rings (SSSR count). The summed E-state index contributed by atoms with van der Waals surface area (Å²) in [5, 5.41) is 6.45. The van der Waals surface area contributed by atoms with Gasteiger partial charge in [0.25, 0.3) is 5.91 Å². The van der Waals surface area contributed by atoms with E-state index in [9.17, 15) is 22.4 Å². The largest absolute Gasteiger partial charge is 0.416 e. The molecular weight excluding hydrogens is 446 g/mol. The monoisotopic (exact) mass is 467 g/mol. The predicted molar refractivity (Wildman–Crippen MR) is 124 cm³/mol. The summed E-state index contributed by atoms with van der Waals surface area (Å²) in [6.07, 6.45) is -2.50. The summed E-state index contributed by atoms with van der Waals surface area (Å²) in [7, 11) is 0. The number of aromatic nitrogens is 1. The molecule has 0 bridgehead atoms. The van der Waals surface area contributed by atoms with Crippen molar-refractivity contribution in [3.05, 3.63) is 94.9 Å². The van der Waals surface area contributed by atoms with Crippen molar-refractivity contribution in [3.8, 4) is 0 Å². The number of nitrogens with one attached hydrogen (secondary N) is 2. The molecular formula is C26H21F4N3O. The zero-order valence-corrected chi connectivity index (χ0v) is 18.0. The fraction of sp³-hybridized carbons (Fsp3) is 0.192. The van der Waals surface area contributed by atoms with Crippen molar-refractivity contribution >= 4 is 28.2 Å². The second-order valence-corrected chi connectivity index (χ2v) is 8.37. The Morgan fingerprint density at radius 1 is 1.03 bits per heavy atom. The summed E-state index contributed by atoms with van der Waals surface area (Å²) in [6, 6.07) is 16.3. The van der Waals surface area contributed by atoms with Gasteiger partial charge in [-0.2, -0.15) is 13.2 Å². The van der Waals surface area contributed by atoms with Gasteiger partial charge in [-0.1, -0.05) is 18.2 Å². The van der Waals surface area contributed by atoms with Gasteiger partial charge in [-0.05, 0) is 72.5 Å². The highest BCUT2D eigenvalue weighted by Gasteiger charge is 2.31. The number of rotatable bonds is 4. The van der Waals surface area contributed by atoms with Gasteiger partial charge in [-0.25, -0.2) is 4.39 Å². The third kappa shape index (κ3) is 4.35. The number of amides is 1. The number of hydrogen-bond donors (Lipinski definition) is 2. The Morgan fingerprint density at radius 2 is 1.88 bits per heavy atom. The number of fused-ring (bicyclic) bond motifs is 2. The lowest BCUT2D eigenvalue weighted by Crippen LogP contribution is -2.18. The van der Waals surface area contributed by atoms with E-state index < -0.39 is 23.5 Å². The normalized spacial score (nSPS) is 13.4. The van der Waals surface area contributed by atoms with Gasteiger partial charge < -0.3 is 15.2 Å². The first kappa shape index (κ1) is 22.0. The molecule has 0 radical (unpaired) electrons. The molecule has 174 valence electrons. The minimum Gasteiger partial charge on any atom is -0.385 e. The molecule has 0 atom stereocenters. The van der Waals surface area contributed by atoms with Gasteiger partial charge in [0.2, 0.25) is 0 Å². The maximum absolute atomic E-state index is 13.8. The summed E-state index contributed by atoms with van der Waals surface area (Å²) < 4.78 is 55.2. The number of hydrogen-bond acceptors (Lipinski definition) is 2. The Labute approximate surface area is 193 Å². The average Bonchev–Trinajstić information content (AvgIpc) is 3.16. The number of aryl methyl sites for hydroxylation is 1. The highest BCUT2D eigenvalue weighted by atomic mass is 19.4. The first-order chi connectivity index (χ1) is 16.3. The van der Waals surface area contributed by atoms with Crippen LogP contribution < -0.4 is 10.6 Å². The van der Waals surface area contributed by atoms with E-state index >= 15 is 0 Å². The van der Waals surface area contributed by atoms with Gasteiger partial charge in [0.15, 0.2) is 0 Å². The van der Waals surface area contributed by atoms with Crippen LogP contribution in [0.25, 0.3) is 10.9 Å². The van der Waals surface area contributed by atoms with E-state index in [0.29, 0.717) is 16.8 Å². The van der Waals surface area contributed by atoms with E-state index in [0.717, 1.165) is 37.2 Å². The number of halogens is 4. The van der Waals surface area contributed by atoms with Gasteiger partial charge in [0.05, 0.1) is 5.56 Å². The lowest BCUT2D eigenvalue weighted by Gasteiger charge is -2.19. The molecule has 0 aliphatic carbocycles. The predicted octanol–water partition coefficient (Wildman–Crippen LogP) is 6.46. The van der Waals surface area contributed by atoms with E-state index in [1.165, 1.54) is 29.8 Å². The molecule has 4 aromatic rings. The molecule has 0 saturated heterocycles. The number of benzene rings is 3. The topological polar surface area (TPSA) is 46.1 Å². The molecule has 1 aliphatic heterocycles. The minimum absolute atomic E-state index is 0.126. The Kier molecular flexibility index (Phi) is 5.51. The number of alkyl halides is 3. The Morgan fingerprint density at radius 3 is 2.68 bits per heavy atom. The van der Waals surface area contributed by atoms with Crippen molar-refractivity contribution < 1.29 is 22.4 Å². The zero-order chi connectivity index (χ0) is 23.9. The Balaban J connectivity index is 1.54. The van der Waals surface area contributed by atoms with Crippen LogP contribution in [0.4, 0.5) is 28.9 Å². The number of anilines is 2. The average molecular weight is 467 g/mol. The lowest BCUT2D eigenvalue weighted by molar-refractivity contribution is -0.137. The van der Waals surface area contributed by atoms with E-state index in [2.05, 4.69) is 10.6 Å². The van der Waals surface area contributed by atoms with Crippen molar-refractivity contribution in [2.45, 2.75) is 25.6 Å². The smallest absolute Gasteiger partial charge is 0.385 e. The van der Waals surface area contributed by atoms with Crippen LogP contribution in [-0.2, 0) is 19.1 Å². The van der Waals surface area contributed by atoms with E-state index in [1.807, 2.05) is 18.2 Å². The highest BCUT2D eigenvalue weighted by molar-refractivity contribution is 6.06. The van der Waals surface area contributed by atoms with Crippen LogP contribution in [0.1, 0.15) is 33.6 Å². The van der Waals surface area contributed by atoms with E-state index in [-0.39, 0.29) is 17.6 Å². The summed E-state index contributed by atoms with van der Waals surface area (Å²) in [5.41, 5.74) is 3.14. The molecule has 4 nitrogen and oxygen atoms in total. The molecule has 0 spiro atoms. The standard InChI is InChI=1S/C26H21F4N3O/c27-20-5-1-3-16(11-20)15-33-23-9-7-19(26(28,29)30)12-18(23)13-24(33)25(34)32-21-8-6-17-4-2-10-31-22(17)14-21/h1,3,5-9,11-14,31H,2,4,10,15H2,(H,32,34). The maximum Gasteiger partial charge on any atom is 0.416 e. The van der Waals surface area contributed by atoms with Crippen LogP contribution in [0.2, 0.25) is 0 Å². The molecule has 2 N–H and O–H groups in total. The second kappa shape index (κ2) is 8.52. The van der Waals surface area contributed by atoms with Crippen molar-refractivity contribution in [2.75, 3.05) is 17.2 Å². The molecule has 1 amide bonds. The fourth-order valence-corrected chi connectivity index (χ4v) is 4.36. The van der Waals surface area contributed by atoms with Crippen molar-refractivity contribution in [1.29, 1.82) is 0 Å². The van der Waals surface area contributed by atoms with Gasteiger partial charge in [0.1, 0.15) is 11.5 Å². The molecule has 3 aromatic carbocycles. The van der Waals surface area contributed by atoms with E-state index in [4.69, 9.17) is 0 Å². The van der Waals surface area contributed by atoms with Gasteiger partial charge in [-0.3, -0.25) is 4.79 Å². The van der Waals surface area contributed by atoms with Crippen LogP contribution in [0.5, 0.6) is 0 Å². The van der Waals surface area contributed by atoms with Crippen LogP contribution in [0.15, 0.2) is 66.7 Å². The molecule has 2 heterocycles. The summed E-state index contributed by atoms with van der Waals surface area (Å²) in [6.45, 7) is 0.981. The number of nitrogens with zero attached hydrogens (tertiary/aromatic N) is 1. The lowest BCUT2D eigenvalue weighted by atomic mass is 10.0. The molecule has 0 fully saturated rings. The van der Waals surface area contributed by atoms with Crippen molar-refractivity contribution in [1.82, 2.24) is 4.57 Å². The van der Waals surface area contributed by atoms with Gasteiger partial charge in [0, 0.05) is 35.4 Å².